The molecule has 11 heteroatoms. The van der Waals surface area contributed by atoms with E-state index < -0.39 is 12.8 Å². The van der Waals surface area contributed by atoms with Crippen LogP contribution in [0.15, 0.2) is 29.5 Å². The molecule has 0 aliphatic carbocycles. The minimum atomic E-state index is -4.41. The van der Waals surface area contributed by atoms with Crippen molar-refractivity contribution in [3.63, 3.8) is 0 Å². The van der Waals surface area contributed by atoms with E-state index in [-0.39, 0.29) is 11.5 Å². The largest absolute Gasteiger partial charge is 0.493 e. The van der Waals surface area contributed by atoms with E-state index in [1.165, 1.54) is 13.2 Å². The van der Waals surface area contributed by atoms with Crippen molar-refractivity contribution in [3.8, 4) is 11.5 Å². The first-order chi connectivity index (χ1) is 13.9. The standard InChI is InChI=1S/C18H25F3N6O2/c1-4-16-26-25-12-27(16)8-7-23-17(22-2)24-10-13-5-6-14(15(9-13)28-3)29-11-18(19,20)21/h5-6,9,12H,4,7-8,10-11H2,1-3H3,(H2,22,23,24). The minimum absolute atomic E-state index is 0.0387. The van der Waals surface area contributed by atoms with Gasteiger partial charge in [0.05, 0.1) is 7.11 Å². The van der Waals surface area contributed by atoms with Gasteiger partial charge in [-0.15, -0.1) is 10.2 Å². The first-order valence-corrected chi connectivity index (χ1v) is 9.04. The molecule has 0 bridgehead atoms. The zero-order valence-corrected chi connectivity index (χ0v) is 16.6. The summed E-state index contributed by atoms with van der Waals surface area (Å²) in [5, 5.41) is 14.3. The van der Waals surface area contributed by atoms with Gasteiger partial charge in [-0.2, -0.15) is 13.2 Å². The van der Waals surface area contributed by atoms with Gasteiger partial charge in [0.1, 0.15) is 12.2 Å². The van der Waals surface area contributed by atoms with E-state index in [0.717, 1.165) is 17.8 Å². The van der Waals surface area contributed by atoms with Gasteiger partial charge in [-0.25, -0.2) is 0 Å². The van der Waals surface area contributed by atoms with E-state index in [4.69, 9.17) is 9.47 Å². The maximum atomic E-state index is 12.3. The highest BCUT2D eigenvalue weighted by Crippen LogP contribution is 2.29. The lowest BCUT2D eigenvalue weighted by Gasteiger charge is -2.15. The van der Waals surface area contributed by atoms with Gasteiger partial charge in [-0.05, 0) is 17.7 Å². The highest BCUT2D eigenvalue weighted by atomic mass is 19.4. The summed E-state index contributed by atoms with van der Waals surface area (Å²) in [7, 11) is 3.03. The normalized spacial score (nSPS) is 12.0. The lowest BCUT2D eigenvalue weighted by Crippen LogP contribution is -2.38. The number of hydrogen-bond acceptors (Lipinski definition) is 5. The van der Waals surface area contributed by atoms with Crippen LogP contribution in [0, 0.1) is 0 Å². The number of halogens is 3. The van der Waals surface area contributed by atoms with Crippen LogP contribution in [0.3, 0.4) is 0 Å². The Kier molecular flexibility index (Phi) is 8.10. The van der Waals surface area contributed by atoms with Crippen LogP contribution in [-0.2, 0) is 19.5 Å². The molecule has 0 amide bonds. The quantitative estimate of drug-likeness (QED) is 0.483. The SMILES string of the molecule is CCc1nncn1CCNC(=NC)NCc1ccc(OCC(F)(F)F)c(OC)c1. The lowest BCUT2D eigenvalue weighted by molar-refractivity contribution is -0.153. The van der Waals surface area contributed by atoms with Crippen molar-refractivity contribution < 1.29 is 22.6 Å². The summed E-state index contributed by atoms with van der Waals surface area (Å²) < 4.78 is 48.9. The number of ether oxygens (including phenoxy) is 2. The van der Waals surface area contributed by atoms with Crippen molar-refractivity contribution in [2.75, 3.05) is 27.3 Å². The van der Waals surface area contributed by atoms with Gasteiger partial charge in [0, 0.05) is 33.1 Å². The highest BCUT2D eigenvalue weighted by Gasteiger charge is 2.29. The average molecular weight is 414 g/mol. The van der Waals surface area contributed by atoms with E-state index in [1.54, 1.807) is 25.5 Å². The van der Waals surface area contributed by atoms with Gasteiger partial charge < -0.3 is 24.7 Å². The molecule has 2 rings (SSSR count). The number of aryl methyl sites for hydroxylation is 1. The first kappa shape index (κ1) is 22.3. The van der Waals surface area contributed by atoms with Gasteiger partial charge >= 0.3 is 6.18 Å². The molecule has 8 nitrogen and oxygen atoms in total. The van der Waals surface area contributed by atoms with E-state index >= 15 is 0 Å². The molecule has 160 valence electrons. The number of methoxy groups -OCH3 is 1. The van der Waals surface area contributed by atoms with Gasteiger partial charge in [0.2, 0.25) is 0 Å². The number of hydrogen-bond donors (Lipinski definition) is 2. The third-order valence-electron chi connectivity index (χ3n) is 3.96. The van der Waals surface area contributed by atoms with E-state index in [9.17, 15) is 13.2 Å². The van der Waals surface area contributed by atoms with Crippen LogP contribution in [0.5, 0.6) is 11.5 Å². The van der Waals surface area contributed by atoms with Crippen LogP contribution < -0.4 is 20.1 Å². The molecule has 0 aliphatic heterocycles. The van der Waals surface area contributed by atoms with Crippen molar-refractivity contribution in [1.29, 1.82) is 0 Å². The zero-order valence-electron chi connectivity index (χ0n) is 16.6. The van der Waals surface area contributed by atoms with Crippen LogP contribution in [0.2, 0.25) is 0 Å². The monoisotopic (exact) mass is 414 g/mol. The fourth-order valence-corrected chi connectivity index (χ4v) is 2.54. The smallest absolute Gasteiger partial charge is 0.422 e. The Balaban J connectivity index is 1.86. The summed E-state index contributed by atoms with van der Waals surface area (Å²) >= 11 is 0. The Labute approximate surface area is 167 Å². The summed E-state index contributed by atoms with van der Waals surface area (Å²) in [6.45, 7) is 2.36. The molecule has 2 N–H and O–H groups in total. The molecule has 0 saturated carbocycles. The number of nitrogens with one attached hydrogen (secondary N) is 2. The van der Waals surface area contributed by atoms with Gasteiger partial charge in [-0.1, -0.05) is 13.0 Å². The number of alkyl halides is 3. The fraction of sp³-hybridized carbons (Fsp3) is 0.500. The second kappa shape index (κ2) is 10.5. The van der Waals surface area contributed by atoms with E-state index in [1.807, 2.05) is 11.5 Å². The Hall–Kier alpha value is -2.98. The molecule has 0 unspecified atom stereocenters. The van der Waals surface area contributed by atoms with Crippen LogP contribution >= 0.6 is 0 Å². The summed E-state index contributed by atoms with van der Waals surface area (Å²) in [5.41, 5.74) is 0.802. The summed E-state index contributed by atoms with van der Waals surface area (Å²) in [6.07, 6.45) is -1.92. The lowest BCUT2D eigenvalue weighted by atomic mass is 10.2. The van der Waals surface area contributed by atoms with Crippen LogP contribution in [0.1, 0.15) is 18.3 Å². The molecule has 0 spiro atoms. The molecule has 1 aromatic carbocycles. The van der Waals surface area contributed by atoms with Gasteiger partial charge in [-0.3, -0.25) is 4.99 Å². The molecule has 0 atom stereocenters. The summed E-state index contributed by atoms with van der Waals surface area (Å²) in [6, 6.07) is 4.74. The Morgan fingerprint density at radius 1 is 1.24 bits per heavy atom. The third-order valence-corrected chi connectivity index (χ3v) is 3.96. The highest BCUT2D eigenvalue weighted by molar-refractivity contribution is 5.79. The van der Waals surface area contributed by atoms with Crippen molar-refractivity contribution >= 4 is 5.96 Å². The molecule has 0 saturated heterocycles. The Morgan fingerprint density at radius 2 is 2.03 bits per heavy atom. The number of benzene rings is 1. The van der Waals surface area contributed by atoms with Crippen LogP contribution in [-0.4, -0.2) is 54.2 Å². The number of aliphatic imine (C=N–C) groups is 1. The Bertz CT molecular complexity index is 807. The van der Waals surface area contributed by atoms with Crippen molar-refractivity contribution in [2.45, 2.75) is 32.6 Å². The number of aromatic nitrogens is 3. The number of rotatable bonds is 9. The minimum Gasteiger partial charge on any atom is -0.493 e. The van der Waals surface area contributed by atoms with Gasteiger partial charge in [0.15, 0.2) is 24.1 Å². The Morgan fingerprint density at radius 3 is 2.69 bits per heavy atom. The van der Waals surface area contributed by atoms with Crippen LogP contribution in [0.4, 0.5) is 13.2 Å². The molecule has 0 fully saturated rings. The van der Waals surface area contributed by atoms with E-state index in [0.29, 0.717) is 25.6 Å². The molecule has 2 aromatic rings. The maximum absolute atomic E-state index is 12.3. The molecule has 1 aromatic heterocycles. The number of nitrogens with zero attached hydrogens (tertiary/aromatic N) is 4. The average Bonchev–Trinajstić information content (AvgIpc) is 3.16. The predicted molar refractivity (Wildman–Crippen MR) is 102 cm³/mol. The topological polar surface area (TPSA) is 85.6 Å². The third kappa shape index (κ3) is 7.16. The van der Waals surface area contributed by atoms with Crippen molar-refractivity contribution in [3.05, 3.63) is 35.9 Å². The molecule has 1 heterocycles. The van der Waals surface area contributed by atoms with Crippen molar-refractivity contribution in [1.82, 2.24) is 25.4 Å². The number of guanidine groups is 1. The predicted octanol–water partition coefficient (Wildman–Crippen LogP) is 2.16. The summed E-state index contributed by atoms with van der Waals surface area (Å²) in [4.78, 5) is 4.15. The first-order valence-electron chi connectivity index (χ1n) is 9.04. The maximum Gasteiger partial charge on any atom is 0.422 e. The molecular weight excluding hydrogens is 389 g/mol. The molecule has 29 heavy (non-hydrogen) atoms. The van der Waals surface area contributed by atoms with Gasteiger partial charge in [0.25, 0.3) is 0 Å². The molecule has 0 radical (unpaired) electrons. The molecular formula is C18H25F3N6O2. The van der Waals surface area contributed by atoms with E-state index in [2.05, 4.69) is 25.8 Å². The van der Waals surface area contributed by atoms with Crippen molar-refractivity contribution in [2.24, 2.45) is 4.99 Å². The zero-order chi connectivity index (χ0) is 21.3. The van der Waals surface area contributed by atoms with Crippen LogP contribution in [0.25, 0.3) is 0 Å². The molecule has 0 aliphatic rings. The fourth-order valence-electron chi connectivity index (χ4n) is 2.54. The second-order valence-corrected chi connectivity index (χ2v) is 6.04. The summed E-state index contributed by atoms with van der Waals surface area (Å²) in [5.74, 6) is 1.77. The second-order valence-electron chi connectivity index (χ2n) is 6.04.